The van der Waals surface area contributed by atoms with Crippen LogP contribution >= 0.6 is 23.5 Å². The molecule has 1 aliphatic carbocycles. The summed E-state index contributed by atoms with van der Waals surface area (Å²) in [6, 6.07) is 0. The topological polar surface area (TPSA) is 43.1 Å². The van der Waals surface area contributed by atoms with Gasteiger partial charge in [-0.25, -0.2) is 0 Å². The number of nitrogens with two attached hydrogens (primary N) is 1. The normalized spacial score (nSPS) is 56.2. The minimum absolute atomic E-state index is 0.158. The molecule has 0 radical (unpaired) electrons. The Labute approximate surface area is 73.0 Å². The van der Waals surface area contributed by atoms with E-state index >= 15 is 0 Å². The third-order valence-corrected chi connectivity index (χ3v) is 5.61. The molecule has 0 aromatic rings. The molecule has 0 aromatic heterocycles. The maximum atomic E-state index is 11.0. The molecule has 58 valence electrons. The van der Waals surface area contributed by atoms with E-state index in [4.69, 9.17) is 5.73 Å². The van der Waals surface area contributed by atoms with Gasteiger partial charge in [0.15, 0.2) is 0 Å². The summed E-state index contributed by atoms with van der Waals surface area (Å²) in [6.07, 6.45) is 4.14. The standard InChI is InChI=1S/C7H7NOS2/c8-6(9)7-2-1-3-4(10-3)5(7)11-7/h1-5H,(H2,8,9). The smallest absolute Gasteiger partial charge is 0.238 e. The van der Waals surface area contributed by atoms with Crippen molar-refractivity contribution in [3.05, 3.63) is 12.2 Å². The van der Waals surface area contributed by atoms with Gasteiger partial charge in [-0.05, 0) is 0 Å². The van der Waals surface area contributed by atoms with Gasteiger partial charge in [0.25, 0.3) is 0 Å². The Balaban J connectivity index is 1.99. The van der Waals surface area contributed by atoms with Gasteiger partial charge in [0, 0.05) is 15.7 Å². The first kappa shape index (κ1) is 6.43. The SMILES string of the molecule is NC(=O)C12C=CC3SC3C1S2. The van der Waals surface area contributed by atoms with E-state index in [0.29, 0.717) is 15.7 Å². The molecule has 11 heavy (non-hydrogen) atoms. The van der Waals surface area contributed by atoms with Crippen LogP contribution in [0.5, 0.6) is 0 Å². The molecule has 1 amide bonds. The Morgan fingerprint density at radius 3 is 3.18 bits per heavy atom. The minimum Gasteiger partial charge on any atom is -0.368 e. The summed E-state index contributed by atoms with van der Waals surface area (Å²) in [7, 11) is 0. The van der Waals surface area contributed by atoms with Gasteiger partial charge >= 0.3 is 0 Å². The van der Waals surface area contributed by atoms with Crippen LogP contribution in [0.2, 0.25) is 0 Å². The molecule has 2 aliphatic heterocycles. The van der Waals surface area contributed by atoms with Crippen molar-refractivity contribution in [2.45, 2.75) is 20.5 Å². The number of hydrogen-bond donors (Lipinski definition) is 1. The Morgan fingerprint density at radius 2 is 2.45 bits per heavy atom. The predicted octanol–water partition coefficient (Wildman–Crippen LogP) is 0.380. The van der Waals surface area contributed by atoms with Gasteiger partial charge in [0.1, 0.15) is 4.75 Å². The van der Waals surface area contributed by atoms with Crippen LogP contribution in [0.15, 0.2) is 12.2 Å². The van der Waals surface area contributed by atoms with E-state index in [2.05, 4.69) is 6.08 Å². The van der Waals surface area contributed by atoms with E-state index in [1.54, 1.807) is 11.8 Å². The van der Waals surface area contributed by atoms with E-state index in [1.165, 1.54) is 0 Å². The fourth-order valence-corrected chi connectivity index (χ4v) is 4.54. The number of fused-ring (bicyclic) bond motifs is 3. The highest BCUT2D eigenvalue weighted by Crippen LogP contribution is 2.68. The summed E-state index contributed by atoms with van der Waals surface area (Å²) in [6.45, 7) is 0. The van der Waals surface area contributed by atoms with Crippen molar-refractivity contribution < 1.29 is 4.79 Å². The van der Waals surface area contributed by atoms with Crippen molar-refractivity contribution in [1.82, 2.24) is 0 Å². The molecule has 2 heterocycles. The monoisotopic (exact) mass is 185 g/mol. The lowest BCUT2D eigenvalue weighted by Crippen LogP contribution is -2.35. The zero-order chi connectivity index (χ0) is 7.64. The van der Waals surface area contributed by atoms with Gasteiger partial charge in [-0.2, -0.15) is 0 Å². The largest absolute Gasteiger partial charge is 0.368 e. The second-order valence-corrected chi connectivity index (χ2v) is 5.90. The van der Waals surface area contributed by atoms with Crippen LogP contribution in [0.1, 0.15) is 0 Å². The first-order chi connectivity index (χ1) is 5.24. The summed E-state index contributed by atoms with van der Waals surface area (Å²) >= 11 is 3.67. The molecule has 2 fully saturated rings. The van der Waals surface area contributed by atoms with Crippen LogP contribution in [0.4, 0.5) is 0 Å². The Morgan fingerprint density at radius 1 is 1.64 bits per heavy atom. The number of primary amides is 1. The zero-order valence-electron chi connectivity index (χ0n) is 5.69. The van der Waals surface area contributed by atoms with E-state index in [-0.39, 0.29) is 10.7 Å². The van der Waals surface area contributed by atoms with Gasteiger partial charge in [0.2, 0.25) is 5.91 Å². The minimum atomic E-state index is -0.287. The summed E-state index contributed by atoms with van der Waals surface area (Å²) < 4.78 is -0.287. The molecule has 4 unspecified atom stereocenters. The zero-order valence-corrected chi connectivity index (χ0v) is 7.32. The summed E-state index contributed by atoms with van der Waals surface area (Å²) in [5.41, 5.74) is 5.30. The van der Waals surface area contributed by atoms with E-state index in [1.807, 2.05) is 17.8 Å². The molecule has 0 aromatic carbocycles. The van der Waals surface area contributed by atoms with Gasteiger partial charge < -0.3 is 5.73 Å². The average molecular weight is 185 g/mol. The predicted molar refractivity (Wildman–Crippen MR) is 47.6 cm³/mol. The Kier molecular flexibility index (Phi) is 0.958. The third kappa shape index (κ3) is 0.649. The van der Waals surface area contributed by atoms with E-state index in [9.17, 15) is 4.79 Å². The summed E-state index contributed by atoms with van der Waals surface area (Å²) in [5, 5.41) is 1.89. The maximum absolute atomic E-state index is 11.0. The number of carbonyl (C=O) groups excluding carboxylic acids is 1. The molecule has 3 aliphatic rings. The first-order valence-corrected chi connectivity index (χ1v) is 5.39. The molecular weight excluding hydrogens is 178 g/mol. The highest BCUT2D eigenvalue weighted by molar-refractivity contribution is 8.14. The van der Waals surface area contributed by atoms with Crippen LogP contribution in [0, 0.1) is 0 Å². The average Bonchev–Trinajstić information content (AvgIpc) is 2.81. The summed E-state index contributed by atoms with van der Waals surface area (Å²) in [4.78, 5) is 11.0. The van der Waals surface area contributed by atoms with Crippen LogP contribution in [0.25, 0.3) is 0 Å². The lowest BCUT2D eigenvalue weighted by molar-refractivity contribution is -0.118. The molecule has 0 spiro atoms. The highest BCUT2D eigenvalue weighted by atomic mass is 32.2. The van der Waals surface area contributed by atoms with Crippen LogP contribution in [-0.2, 0) is 4.79 Å². The number of carbonyl (C=O) groups is 1. The molecule has 2 saturated heterocycles. The molecule has 2 N–H and O–H groups in total. The van der Waals surface area contributed by atoms with Gasteiger partial charge in [-0.1, -0.05) is 12.2 Å². The maximum Gasteiger partial charge on any atom is 0.238 e. The van der Waals surface area contributed by atoms with Crippen molar-refractivity contribution in [3.8, 4) is 0 Å². The summed E-state index contributed by atoms with van der Waals surface area (Å²) in [5.74, 6) is -0.158. The van der Waals surface area contributed by atoms with Crippen LogP contribution in [0.3, 0.4) is 0 Å². The fourth-order valence-electron chi connectivity index (χ4n) is 1.67. The van der Waals surface area contributed by atoms with Crippen molar-refractivity contribution in [3.63, 3.8) is 0 Å². The van der Waals surface area contributed by atoms with Crippen molar-refractivity contribution in [1.29, 1.82) is 0 Å². The van der Waals surface area contributed by atoms with Gasteiger partial charge in [-0.15, -0.1) is 23.5 Å². The Bertz CT molecular complexity index is 278. The van der Waals surface area contributed by atoms with Gasteiger partial charge in [0.05, 0.1) is 0 Å². The fraction of sp³-hybridized carbons (Fsp3) is 0.571. The number of rotatable bonds is 1. The molecule has 4 heteroatoms. The molecule has 2 nitrogen and oxygen atoms in total. The first-order valence-electron chi connectivity index (χ1n) is 3.56. The molecule has 4 atom stereocenters. The van der Waals surface area contributed by atoms with Crippen LogP contribution in [-0.4, -0.2) is 26.4 Å². The quantitative estimate of drug-likeness (QED) is 0.474. The van der Waals surface area contributed by atoms with Crippen LogP contribution < -0.4 is 5.73 Å². The molecular formula is C7H7NOS2. The second-order valence-electron chi connectivity index (χ2n) is 3.12. The number of hydrogen-bond acceptors (Lipinski definition) is 3. The molecule has 0 saturated carbocycles. The third-order valence-electron chi connectivity index (χ3n) is 2.47. The molecule has 0 bridgehead atoms. The van der Waals surface area contributed by atoms with E-state index in [0.717, 1.165) is 0 Å². The molecule has 3 rings (SSSR count). The van der Waals surface area contributed by atoms with Crippen molar-refractivity contribution in [2.75, 3.05) is 0 Å². The van der Waals surface area contributed by atoms with Crippen molar-refractivity contribution in [2.24, 2.45) is 5.73 Å². The number of thioether (sulfide) groups is 2. The highest BCUT2D eigenvalue weighted by Gasteiger charge is 2.69. The second kappa shape index (κ2) is 1.64. The lowest BCUT2D eigenvalue weighted by atomic mass is 9.96. The van der Waals surface area contributed by atoms with Gasteiger partial charge in [-0.3, -0.25) is 4.79 Å². The number of amides is 1. The van der Waals surface area contributed by atoms with E-state index < -0.39 is 0 Å². The van der Waals surface area contributed by atoms with Crippen molar-refractivity contribution >= 4 is 29.4 Å². The Hall–Kier alpha value is -0.0900. The lowest BCUT2D eigenvalue weighted by Gasteiger charge is -2.06.